The summed E-state index contributed by atoms with van der Waals surface area (Å²) in [6, 6.07) is 23.5. The fourth-order valence-electron chi connectivity index (χ4n) is 3.97. The average molecular weight is 388 g/mol. The van der Waals surface area contributed by atoms with Crippen LogP contribution in [0.4, 0.5) is 0 Å². The lowest BCUT2D eigenvalue weighted by Gasteiger charge is -2.29. The molecule has 1 unspecified atom stereocenters. The summed E-state index contributed by atoms with van der Waals surface area (Å²) in [6.07, 6.45) is 1.00. The molecule has 29 heavy (non-hydrogen) atoms. The zero-order valence-electron chi connectivity index (χ0n) is 17.4. The minimum Gasteiger partial charge on any atom is -0.496 e. The predicted octanol–water partition coefficient (Wildman–Crippen LogP) is 5.63. The van der Waals surface area contributed by atoms with Gasteiger partial charge in [0.25, 0.3) is 0 Å². The summed E-state index contributed by atoms with van der Waals surface area (Å²) in [7, 11) is 1.76. The Labute approximate surface area is 173 Å². The van der Waals surface area contributed by atoms with Crippen LogP contribution in [0.3, 0.4) is 0 Å². The molecule has 0 fully saturated rings. The highest BCUT2D eigenvalue weighted by atomic mass is 16.5. The monoisotopic (exact) mass is 387 g/mol. The second-order valence-electron chi connectivity index (χ2n) is 7.93. The first-order valence-corrected chi connectivity index (χ1v) is 10.4. The van der Waals surface area contributed by atoms with Crippen molar-refractivity contribution in [3.8, 4) is 11.5 Å². The van der Waals surface area contributed by atoms with Crippen LogP contribution in [0.5, 0.6) is 11.5 Å². The highest BCUT2D eigenvalue weighted by molar-refractivity contribution is 5.49. The van der Waals surface area contributed by atoms with Crippen LogP contribution in [0.1, 0.15) is 53.6 Å². The molecule has 4 rings (SSSR count). The fourth-order valence-corrected chi connectivity index (χ4v) is 3.97. The molecule has 0 radical (unpaired) electrons. The molecule has 150 valence electrons. The first-order valence-electron chi connectivity index (χ1n) is 10.4. The van der Waals surface area contributed by atoms with Crippen LogP contribution in [0.2, 0.25) is 0 Å². The van der Waals surface area contributed by atoms with Gasteiger partial charge in [0.2, 0.25) is 0 Å². The summed E-state index contributed by atoms with van der Waals surface area (Å²) in [4.78, 5) is 0. The van der Waals surface area contributed by atoms with E-state index in [0.717, 1.165) is 24.5 Å². The smallest absolute Gasteiger partial charge is 0.124 e. The van der Waals surface area contributed by atoms with Gasteiger partial charge in [-0.3, -0.25) is 0 Å². The van der Waals surface area contributed by atoms with Crippen LogP contribution in [0, 0.1) is 0 Å². The zero-order chi connectivity index (χ0) is 20.2. The van der Waals surface area contributed by atoms with Crippen molar-refractivity contribution in [2.75, 3.05) is 13.7 Å². The molecule has 1 heterocycles. The maximum Gasteiger partial charge on any atom is 0.124 e. The van der Waals surface area contributed by atoms with Crippen molar-refractivity contribution >= 4 is 0 Å². The first-order chi connectivity index (χ1) is 14.2. The lowest BCUT2D eigenvalue weighted by molar-refractivity contribution is 0.305. The van der Waals surface area contributed by atoms with E-state index in [0.29, 0.717) is 12.5 Å². The number of benzene rings is 3. The molecular weight excluding hydrogens is 358 g/mol. The Morgan fingerprint density at radius 2 is 1.76 bits per heavy atom. The number of fused-ring (bicyclic) bond motifs is 1. The Morgan fingerprint density at radius 1 is 0.966 bits per heavy atom. The van der Waals surface area contributed by atoms with Crippen molar-refractivity contribution in [2.24, 2.45) is 0 Å². The van der Waals surface area contributed by atoms with Gasteiger partial charge in [0.15, 0.2) is 0 Å². The SMILES string of the molecule is COc1cc(C(C)C)ccc1C1NCCc2cc(OCc3ccccc3)ccc21. The van der Waals surface area contributed by atoms with Crippen LogP contribution >= 0.6 is 0 Å². The van der Waals surface area contributed by atoms with Gasteiger partial charge in [0, 0.05) is 12.1 Å². The molecule has 0 saturated carbocycles. The van der Waals surface area contributed by atoms with Gasteiger partial charge in [-0.25, -0.2) is 0 Å². The Kier molecular flexibility index (Phi) is 5.86. The Hall–Kier alpha value is -2.78. The van der Waals surface area contributed by atoms with Gasteiger partial charge in [-0.05, 0) is 52.8 Å². The van der Waals surface area contributed by atoms with E-state index in [9.17, 15) is 0 Å². The molecule has 1 aliphatic heterocycles. The molecule has 1 aliphatic rings. The van der Waals surface area contributed by atoms with Crippen molar-refractivity contribution in [1.82, 2.24) is 5.32 Å². The minimum absolute atomic E-state index is 0.137. The van der Waals surface area contributed by atoms with Gasteiger partial charge in [-0.2, -0.15) is 0 Å². The third-order valence-electron chi connectivity index (χ3n) is 5.65. The maximum atomic E-state index is 6.04. The molecule has 0 spiro atoms. The van der Waals surface area contributed by atoms with E-state index in [2.05, 4.69) is 67.7 Å². The molecule has 3 aromatic rings. The summed E-state index contributed by atoms with van der Waals surface area (Å²) in [5.41, 5.74) is 6.31. The normalized spacial score (nSPS) is 15.8. The zero-order valence-corrected chi connectivity index (χ0v) is 17.4. The van der Waals surface area contributed by atoms with Crippen molar-refractivity contribution < 1.29 is 9.47 Å². The van der Waals surface area contributed by atoms with Gasteiger partial charge < -0.3 is 14.8 Å². The molecular formula is C26H29NO2. The second-order valence-corrected chi connectivity index (χ2v) is 7.93. The Bertz CT molecular complexity index is 966. The maximum absolute atomic E-state index is 6.04. The van der Waals surface area contributed by atoms with Crippen LogP contribution in [-0.2, 0) is 13.0 Å². The summed E-state index contributed by atoms with van der Waals surface area (Å²) in [6.45, 7) is 5.94. The molecule has 0 aliphatic carbocycles. The van der Waals surface area contributed by atoms with Crippen LogP contribution < -0.4 is 14.8 Å². The van der Waals surface area contributed by atoms with Gasteiger partial charge in [-0.1, -0.05) is 62.4 Å². The van der Waals surface area contributed by atoms with Crippen molar-refractivity contribution in [2.45, 2.75) is 38.8 Å². The van der Waals surface area contributed by atoms with E-state index >= 15 is 0 Å². The van der Waals surface area contributed by atoms with E-state index in [-0.39, 0.29) is 6.04 Å². The molecule has 1 atom stereocenters. The fraction of sp³-hybridized carbons (Fsp3) is 0.308. The molecule has 0 amide bonds. The minimum atomic E-state index is 0.137. The standard InChI is InChI=1S/C26H29NO2/c1-18(2)20-9-11-24(25(16-20)28-3)26-23-12-10-22(15-21(23)13-14-27-26)29-17-19-7-5-4-6-8-19/h4-12,15-16,18,26-27H,13-14,17H2,1-3H3. The van der Waals surface area contributed by atoms with Gasteiger partial charge in [-0.15, -0.1) is 0 Å². The number of methoxy groups -OCH3 is 1. The molecule has 0 aromatic heterocycles. The number of rotatable bonds is 6. The van der Waals surface area contributed by atoms with Crippen molar-refractivity contribution in [3.05, 3.63) is 94.5 Å². The van der Waals surface area contributed by atoms with E-state index in [1.165, 1.54) is 27.8 Å². The Morgan fingerprint density at radius 3 is 2.52 bits per heavy atom. The summed E-state index contributed by atoms with van der Waals surface area (Å²) in [5.74, 6) is 2.36. The number of nitrogens with one attached hydrogen (secondary N) is 1. The third-order valence-corrected chi connectivity index (χ3v) is 5.65. The topological polar surface area (TPSA) is 30.5 Å². The van der Waals surface area contributed by atoms with Gasteiger partial charge in [0.05, 0.1) is 13.2 Å². The largest absolute Gasteiger partial charge is 0.496 e. The van der Waals surface area contributed by atoms with E-state index in [1.807, 2.05) is 18.2 Å². The summed E-state index contributed by atoms with van der Waals surface area (Å²) >= 11 is 0. The number of ether oxygens (including phenoxy) is 2. The molecule has 1 N–H and O–H groups in total. The lowest BCUT2D eigenvalue weighted by Crippen LogP contribution is -2.30. The molecule has 3 aromatic carbocycles. The number of hydrogen-bond donors (Lipinski definition) is 1. The average Bonchev–Trinajstić information content (AvgIpc) is 2.77. The molecule has 0 bridgehead atoms. The highest BCUT2D eigenvalue weighted by Gasteiger charge is 2.24. The quantitative estimate of drug-likeness (QED) is 0.594. The summed E-state index contributed by atoms with van der Waals surface area (Å²) < 4.78 is 11.8. The second kappa shape index (κ2) is 8.71. The van der Waals surface area contributed by atoms with Gasteiger partial charge in [0.1, 0.15) is 18.1 Å². The van der Waals surface area contributed by atoms with Crippen LogP contribution in [-0.4, -0.2) is 13.7 Å². The molecule has 3 heteroatoms. The van der Waals surface area contributed by atoms with E-state index in [1.54, 1.807) is 7.11 Å². The third kappa shape index (κ3) is 4.30. The Balaban J connectivity index is 1.59. The van der Waals surface area contributed by atoms with E-state index in [4.69, 9.17) is 9.47 Å². The van der Waals surface area contributed by atoms with E-state index < -0.39 is 0 Å². The van der Waals surface area contributed by atoms with Crippen LogP contribution in [0.25, 0.3) is 0 Å². The predicted molar refractivity (Wildman–Crippen MR) is 118 cm³/mol. The number of hydrogen-bond acceptors (Lipinski definition) is 3. The van der Waals surface area contributed by atoms with Crippen LogP contribution in [0.15, 0.2) is 66.7 Å². The van der Waals surface area contributed by atoms with Crippen molar-refractivity contribution in [3.63, 3.8) is 0 Å². The van der Waals surface area contributed by atoms with Gasteiger partial charge >= 0.3 is 0 Å². The lowest BCUT2D eigenvalue weighted by atomic mass is 9.88. The highest BCUT2D eigenvalue weighted by Crippen LogP contribution is 2.37. The molecule has 3 nitrogen and oxygen atoms in total. The molecule has 0 saturated heterocycles. The summed E-state index contributed by atoms with van der Waals surface area (Å²) in [5, 5.41) is 3.67. The van der Waals surface area contributed by atoms with Crippen molar-refractivity contribution in [1.29, 1.82) is 0 Å². The first kappa shape index (κ1) is 19.5.